The summed E-state index contributed by atoms with van der Waals surface area (Å²) in [5.74, 6) is -1.44. The van der Waals surface area contributed by atoms with Crippen LogP contribution in [0.5, 0.6) is 0 Å². The van der Waals surface area contributed by atoms with E-state index in [1.54, 1.807) is 6.08 Å². The summed E-state index contributed by atoms with van der Waals surface area (Å²) in [6.07, 6.45) is 2.78. The second-order valence-electron chi connectivity index (χ2n) is 7.50. The summed E-state index contributed by atoms with van der Waals surface area (Å²) in [6, 6.07) is 26.4. The maximum Gasteiger partial charge on any atom is 0.327 e. The molecule has 1 saturated heterocycles. The van der Waals surface area contributed by atoms with Gasteiger partial charge in [0.15, 0.2) is 0 Å². The highest BCUT2D eigenvalue weighted by Crippen LogP contribution is 2.35. The minimum absolute atomic E-state index is 0.197. The van der Waals surface area contributed by atoms with Crippen molar-refractivity contribution >= 4 is 46.3 Å². The molecule has 1 heterocycles. The number of hydrogen-bond acceptors (Lipinski definition) is 4. The van der Waals surface area contributed by atoms with Crippen molar-refractivity contribution in [2.45, 2.75) is 18.9 Å². The molecule has 6 heteroatoms. The standard InChI is InChI=1S/C26H21NO3S2/c28-24-23(17-21-13-7-12-20(15-21)14-18-8-3-1-4-9-18)32-26(31)27(24)22(25(29)30)16-19-10-5-2-6-11-19/h1-13,15,17,22H,14,16H2,(H,29,30)/b23-17-/t22-/m1/s1. The summed E-state index contributed by atoms with van der Waals surface area (Å²) in [6.45, 7) is 0. The molecule has 4 rings (SSSR count). The van der Waals surface area contributed by atoms with E-state index in [0.717, 1.165) is 34.9 Å². The lowest BCUT2D eigenvalue weighted by Gasteiger charge is -2.23. The second-order valence-corrected chi connectivity index (χ2v) is 9.18. The van der Waals surface area contributed by atoms with Gasteiger partial charge in [-0.1, -0.05) is 109 Å². The van der Waals surface area contributed by atoms with Crippen LogP contribution in [0.3, 0.4) is 0 Å². The third-order valence-electron chi connectivity index (χ3n) is 5.19. The fourth-order valence-electron chi connectivity index (χ4n) is 3.65. The normalized spacial score (nSPS) is 15.9. The second kappa shape index (κ2) is 9.94. The van der Waals surface area contributed by atoms with Crippen LogP contribution in [0.15, 0.2) is 89.8 Å². The monoisotopic (exact) mass is 459 g/mol. The first-order valence-electron chi connectivity index (χ1n) is 10.2. The van der Waals surface area contributed by atoms with Crippen molar-refractivity contribution in [3.8, 4) is 0 Å². The van der Waals surface area contributed by atoms with Crippen LogP contribution >= 0.6 is 24.0 Å². The number of carboxylic acid groups (broad SMARTS) is 1. The molecule has 1 fully saturated rings. The Hall–Kier alpha value is -3.22. The molecule has 0 aromatic heterocycles. The third-order valence-corrected chi connectivity index (χ3v) is 6.52. The fourth-order valence-corrected chi connectivity index (χ4v) is 5.01. The van der Waals surface area contributed by atoms with Gasteiger partial charge in [-0.15, -0.1) is 0 Å². The van der Waals surface area contributed by atoms with Gasteiger partial charge in [-0.05, 0) is 34.8 Å². The van der Waals surface area contributed by atoms with Crippen molar-refractivity contribution in [2.24, 2.45) is 0 Å². The summed E-state index contributed by atoms with van der Waals surface area (Å²) >= 11 is 6.55. The van der Waals surface area contributed by atoms with Crippen LogP contribution in [0.4, 0.5) is 0 Å². The Kier molecular flexibility index (Phi) is 6.83. The highest BCUT2D eigenvalue weighted by Gasteiger charge is 2.40. The number of thiocarbonyl (C=S) groups is 1. The highest BCUT2D eigenvalue weighted by molar-refractivity contribution is 8.26. The minimum atomic E-state index is -1.07. The molecule has 0 aliphatic carbocycles. The average Bonchev–Trinajstić information content (AvgIpc) is 3.06. The lowest BCUT2D eigenvalue weighted by atomic mass is 10.0. The van der Waals surface area contributed by atoms with Crippen molar-refractivity contribution in [3.05, 3.63) is 112 Å². The van der Waals surface area contributed by atoms with Gasteiger partial charge in [0, 0.05) is 6.42 Å². The Morgan fingerprint density at radius 2 is 1.56 bits per heavy atom. The third kappa shape index (κ3) is 5.15. The zero-order chi connectivity index (χ0) is 22.5. The van der Waals surface area contributed by atoms with Gasteiger partial charge in [0.25, 0.3) is 5.91 Å². The Balaban J connectivity index is 1.55. The first-order valence-corrected chi connectivity index (χ1v) is 11.4. The van der Waals surface area contributed by atoms with E-state index in [2.05, 4.69) is 18.2 Å². The minimum Gasteiger partial charge on any atom is -0.480 e. The quantitative estimate of drug-likeness (QED) is 0.390. The number of rotatable bonds is 7. The molecule has 1 amide bonds. The first-order chi connectivity index (χ1) is 15.5. The maximum atomic E-state index is 13.1. The smallest absolute Gasteiger partial charge is 0.327 e. The van der Waals surface area contributed by atoms with Crippen molar-refractivity contribution in [2.75, 3.05) is 0 Å². The molecule has 0 bridgehead atoms. The van der Waals surface area contributed by atoms with E-state index >= 15 is 0 Å². The summed E-state index contributed by atoms with van der Waals surface area (Å²) in [5.41, 5.74) is 4.06. The predicted octanol–water partition coefficient (Wildman–Crippen LogP) is 5.17. The summed E-state index contributed by atoms with van der Waals surface area (Å²) in [4.78, 5) is 26.8. The van der Waals surface area contributed by atoms with Crippen molar-refractivity contribution in [1.82, 2.24) is 4.90 Å². The Bertz CT molecular complexity index is 1180. The number of thioether (sulfide) groups is 1. The molecule has 0 unspecified atom stereocenters. The molecule has 0 radical (unpaired) electrons. The number of carboxylic acids is 1. The van der Waals surface area contributed by atoms with Gasteiger partial charge in [-0.2, -0.15) is 0 Å². The number of aliphatic carboxylic acids is 1. The summed E-state index contributed by atoms with van der Waals surface area (Å²) in [7, 11) is 0. The van der Waals surface area contributed by atoms with Crippen LogP contribution in [0.1, 0.15) is 22.3 Å². The topological polar surface area (TPSA) is 57.6 Å². The number of benzene rings is 3. The molecule has 1 atom stereocenters. The number of amides is 1. The molecule has 160 valence electrons. The van der Waals surface area contributed by atoms with Crippen molar-refractivity contribution < 1.29 is 14.7 Å². The molecular weight excluding hydrogens is 438 g/mol. The number of carbonyl (C=O) groups is 2. The molecule has 1 aliphatic heterocycles. The van der Waals surface area contributed by atoms with E-state index in [1.807, 2.05) is 66.7 Å². The van der Waals surface area contributed by atoms with Gasteiger partial charge >= 0.3 is 5.97 Å². The van der Waals surface area contributed by atoms with E-state index in [-0.39, 0.29) is 16.6 Å². The average molecular weight is 460 g/mol. The summed E-state index contributed by atoms with van der Waals surface area (Å²) < 4.78 is 0.269. The Labute approximate surface area is 196 Å². The van der Waals surface area contributed by atoms with E-state index in [0.29, 0.717) is 4.91 Å². The van der Waals surface area contributed by atoms with Gasteiger partial charge in [-0.3, -0.25) is 9.69 Å². The SMILES string of the molecule is O=C(O)[C@@H](Cc1ccccc1)N1C(=O)/C(=C/c2cccc(Cc3ccccc3)c2)SC1=S. The molecule has 4 nitrogen and oxygen atoms in total. The molecule has 32 heavy (non-hydrogen) atoms. The van der Waals surface area contributed by atoms with Crippen LogP contribution in [-0.2, 0) is 22.4 Å². The zero-order valence-electron chi connectivity index (χ0n) is 17.2. The van der Waals surface area contributed by atoms with E-state index in [4.69, 9.17) is 12.2 Å². The van der Waals surface area contributed by atoms with Gasteiger partial charge in [0.05, 0.1) is 4.91 Å². The van der Waals surface area contributed by atoms with Gasteiger partial charge in [-0.25, -0.2) is 4.79 Å². The number of hydrogen-bond donors (Lipinski definition) is 1. The van der Waals surface area contributed by atoms with E-state index in [1.165, 1.54) is 10.5 Å². The fraction of sp³-hybridized carbons (Fsp3) is 0.115. The van der Waals surface area contributed by atoms with Crippen LogP contribution in [0.25, 0.3) is 6.08 Å². The number of nitrogens with zero attached hydrogens (tertiary/aromatic N) is 1. The molecule has 0 spiro atoms. The van der Waals surface area contributed by atoms with Gasteiger partial charge in [0.2, 0.25) is 0 Å². The van der Waals surface area contributed by atoms with Crippen molar-refractivity contribution in [1.29, 1.82) is 0 Å². The maximum absolute atomic E-state index is 13.1. The van der Waals surface area contributed by atoms with Gasteiger partial charge in [0.1, 0.15) is 10.4 Å². The molecule has 0 saturated carbocycles. The van der Waals surface area contributed by atoms with E-state index in [9.17, 15) is 14.7 Å². The van der Waals surface area contributed by atoms with Crippen LogP contribution in [0.2, 0.25) is 0 Å². The molecule has 3 aromatic carbocycles. The Morgan fingerprint density at radius 3 is 2.22 bits per heavy atom. The highest BCUT2D eigenvalue weighted by atomic mass is 32.2. The first kappa shape index (κ1) is 22.0. The van der Waals surface area contributed by atoms with Crippen LogP contribution in [0, 0.1) is 0 Å². The lowest BCUT2D eigenvalue weighted by Crippen LogP contribution is -2.45. The predicted molar refractivity (Wildman–Crippen MR) is 132 cm³/mol. The molecule has 1 aliphatic rings. The molecule has 3 aromatic rings. The number of carbonyl (C=O) groups excluding carboxylic acids is 1. The van der Waals surface area contributed by atoms with E-state index < -0.39 is 12.0 Å². The van der Waals surface area contributed by atoms with Crippen LogP contribution < -0.4 is 0 Å². The molecular formula is C26H21NO3S2. The zero-order valence-corrected chi connectivity index (χ0v) is 18.8. The summed E-state index contributed by atoms with van der Waals surface area (Å²) in [5, 5.41) is 9.80. The Morgan fingerprint density at radius 1 is 0.938 bits per heavy atom. The van der Waals surface area contributed by atoms with Crippen molar-refractivity contribution in [3.63, 3.8) is 0 Å². The van der Waals surface area contributed by atoms with Crippen LogP contribution in [-0.4, -0.2) is 32.2 Å². The van der Waals surface area contributed by atoms with Gasteiger partial charge < -0.3 is 5.11 Å². The largest absolute Gasteiger partial charge is 0.480 e. The molecule has 1 N–H and O–H groups in total. The lowest BCUT2D eigenvalue weighted by molar-refractivity contribution is -0.145.